The number of amides is 3. The number of imide groups is 1. The number of nitrogens with zero attached hydrogens (tertiary/aromatic N) is 2. The van der Waals surface area contributed by atoms with Crippen molar-refractivity contribution in [2.45, 2.75) is 6.92 Å². The van der Waals surface area contributed by atoms with E-state index in [0.29, 0.717) is 22.4 Å². The minimum Gasteiger partial charge on any atom is -0.288 e. The van der Waals surface area contributed by atoms with Gasteiger partial charge in [-0.15, -0.1) is 0 Å². The summed E-state index contributed by atoms with van der Waals surface area (Å²) in [5.41, 5.74) is 2.84. The molecule has 0 fully saturated rings. The highest BCUT2D eigenvalue weighted by Gasteiger charge is 2.37. The molecule has 3 aromatic carbocycles. The summed E-state index contributed by atoms with van der Waals surface area (Å²) in [5, 5.41) is 0. The molecule has 3 amide bonds. The molecule has 29 heavy (non-hydrogen) atoms. The van der Waals surface area contributed by atoms with Gasteiger partial charge in [0.25, 0.3) is 17.7 Å². The van der Waals surface area contributed by atoms with Crippen LogP contribution in [0, 0.1) is 10.5 Å². The summed E-state index contributed by atoms with van der Waals surface area (Å²) in [7, 11) is 0. The van der Waals surface area contributed by atoms with Crippen molar-refractivity contribution < 1.29 is 14.4 Å². The van der Waals surface area contributed by atoms with Crippen molar-refractivity contribution in [2.24, 2.45) is 0 Å². The van der Waals surface area contributed by atoms with E-state index in [0.717, 1.165) is 14.0 Å². The third kappa shape index (κ3) is 3.55. The van der Waals surface area contributed by atoms with Gasteiger partial charge in [-0.1, -0.05) is 42.0 Å². The first-order valence-electron chi connectivity index (χ1n) is 9.05. The van der Waals surface area contributed by atoms with Crippen molar-refractivity contribution in [1.29, 1.82) is 0 Å². The minimum absolute atomic E-state index is 0.154. The summed E-state index contributed by atoms with van der Waals surface area (Å²) in [6.07, 6.45) is 0. The third-order valence-electron chi connectivity index (χ3n) is 4.81. The number of rotatable bonds is 4. The molecule has 0 atom stereocenters. The number of halogens is 1. The zero-order chi connectivity index (χ0) is 20.5. The zero-order valence-corrected chi connectivity index (χ0v) is 17.8. The maximum absolute atomic E-state index is 13.4. The highest BCUT2D eigenvalue weighted by Crippen LogP contribution is 2.28. The normalized spacial score (nSPS) is 12.8. The molecule has 4 rings (SSSR count). The van der Waals surface area contributed by atoms with Gasteiger partial charge in [0.05, 0.1) is 16.8 Å². The van der Waals surface area contributed by atoms with Gasteiger partial charge < -0.3 is 0 Å². The molecular formula is C23H17IN2O3. The predicted octanol–water partition coefficient (Wildman–Crippen LogP) is 4.50. The monoisotopic (exact) mass is 496 g/mol. The largest absolute Gasteiger partial charge is 0.288 e. The Hall–Kier alpha value is -3.00. The summed E-state index contributed by atoms with van der Waals surface area (Å²) in [6, 6.07) is 21.4. The number of aryl methyl sites for hydroxylation is 1. The van der Waals surface area contributed by atoms with Crippen molar-refractivity contribution >= 4 is 46.0 Å². The molecule has 0 N–H and O–H groups in total. The Labute approximate surface area is 182 Å². The van der Waals surface area contributed by atoms with Crippen molar-refractivity contribution in [3.63, 3.8) is 0 Å². The van der Waals surface area contributed by atoms with E-state index in [1.807, 2.05) is 43.3 Å². The molecule has 0 aliphatic carbocycles. The van der Waals surface area contributed by atoms with Crippen LogP contribution in [0.2, 0.25) is 0 Å². The average molecular weight is 496 g/mol. The van der Waals surface area contributed by atoms with Crippen LogP contribution in [-0.2, 0) is 0 Å². The molecule has 1 aliphatic heterocycles. The summed E-state index contributed by atoms with van der Waals surface area (Å²) in [4.78, 5) is 41.7. The molecular weight excluding hydrogens is 479 g/mol. The van der Waals surface area contributed by atoms with E-state index in [9.17, 15) is 14.4 Å². The van der Waals surface area contributed by atoms with Crippen LogP contribution >= 0.6 is 22.6 Å². The second kappa shape index (κ2) is 7.79. The fourth-order valence-electron chi connectivity index (χ4n) is 3.36. The molecule has 5 nitrogen and oxygen atoms in total. The van der Waals surface area contributed by atoms with Crippen LogP contribution in [-0.4, -0.2) is 29.3 Å². The second-order valence-electron chi connectivity index (χ2n) is 6.78. The molecule has 3 aromatic rings. The minimum atomic E-state index is -0.390. The summed E-state index contributed by atoms with van der Waals surface area (Å²) in [6.45, 7) is 1.76. The zero-order valence-electron chi connectivity index (χ0n) is 15.6. The van der Waals surface area contributed by atoms with E-state index in [1.165, 1.54) is 4.90 Å². The third-order valence-corrected chi connectivity index (χ3v) is 5.73. The van der Waals surface area contributed by atoms with Crippen molar-refractivity contribution in [2.75, 3.05) is 11.6 Å². The standard InChI is InChI=1S/C23H17IN2O3/c1-15-7-6-8-16(13-15)21(27)25(20-12-5-4-11-19(20)24)14-26-22(28)17-9-2-3-10-18(17)23(26)29/h2-13H,14H2,1H3. The quantitative estimate of drug-likeness (QED) is 0.395. The van der Waals surface area contributed by atoms with E-state index in [2.05, 4.69) is 22.6 Å². The van der Waals surface area contributed by atoms with Gasteiger partial charge in [-0.2, -0.15) is 0 Å². The van der Waals surface area contributed by atoms with Crippen LogP contribution in [0.5, 0.6) is 0 Å². The van der Waals surface area contributed by atoms with E-state index in [4.69, 9.17) is 0 Å². The van der Waals surface area contributed by atoms with E-state index < -0.39 is 11.8 Å². The SMILES string of the molecule is Cc1cccc(C(=O)N(CN2C(=O)c3ccccc3C2=O)c2ccccc2I)c1. The lowest BCUT2D eigenvalue weighted by atomic mass is 10.1. The summed E-state index contributed by atoms with van der Waals surface area (Å²) in [5.74, 6) is -1.05. The van der Waals surface area contributed by atoms with E-state index >= 15 is 0 Å². The van der Waals surface area contributed by atoms with Crippen LogP contribution < -0.4 is 4.90 Å². The van der Waals surface area contributed by atoms with Gasteiger partial charge in [-0.25, -0.2) is 0 Å². The molecule has 0 saturated heterocycles. The average Bonchev–Trinajstić information content (AvgIpc) is 2.97. The highest BCUT2D eigenvalue weighted by atomic mass is 127. The fraction of sp³-hybridized carbons (Fsp3) is 0.0870. The van der Waals surface area contributed by atoms with Crippen molar-refractivity contribution in [3.8, 4) is 0 Å². The number of carbonyl (C=O) groups excluding carboxylic acids is 3. The highest BCUT2D eigenvalue weighted by molar-refractivity contribution is 14.1. The second-order valence-corrected chi connectivity index (χ2v) is 7.94. The lowest BCUT2D eigenvalue weighted by molar-refractivity contribution is 0.0650. The number of carbonyl (C=O) groups is 3. The van der Waals surface area contributed by atoms with Crippen LogP contribution in [0.3, 0.4) is 0 Å². The maximum Gasteiger partial charge on any atom is 0.263 e. The van der Waals surface area contributed by atoms with E-state index in [1.54, 1.807) is 36.4 Å². The Bertz CT molecular complexity index is 1110. The number of benzene rings is 3. The first kappa shape index (κ1) is 19.3. The van der Waals surface area contributed by atoms with Crippen LogP contribution in [0.15, 0.2) is 72.8 Å². The molecule has 6 heteroatoms. The first-order chi connectivity index (χ1) is 14.0. The summed E-state index contributed by atoms with van der Waals surface area (Å²) < 4.78 is 0.850. The van der Waals surface area contributed by atoms with Crippen molar-refractivity contribution in [3.05, 3.63) is 98.6 Å². The van der Waals surface area contributed by atoms with E-state index in [-0.39, 0.29) is 12.6 Å². The van der Waals surface area contributed by atoms with Gasteiger partial charge in [-0.05, 0) is 65.9 Å². The number of hydrogen-bond donors (Lipinski definition) is 0. The van der Waals surface area contributed by atoms with Gasteiger partial charge in [0.2, 0.25) is 0 Å². The number of fused-ring (bicyclic) bond motifs is 1. The van der Waals surface area contributed by atoms with Crippen LogP contribution in [0.4, 0.5) is 5.69 Å². The molecule has 0 aromatic heterocycles. The number of hydrogen-bond acceptors (Lipinski definition) is 3. The first-order valence-corrected chi connectivity index (χ1v) is 10.1. The topological polar surface area (TPSA) is 57.7 Å². The fourth-order valence-corrected chi connectivity index (χ4v) is 4.04. The van der Waals surface area contributed by atoms with Gasteiger partial charge in [-0.3, -0.25) is 24.2 Å². The molecule has 1 aliphatic rings. The number of para-hydroxylation sites is 1. The number of anilines is 1. The Morgan fingerprint density at radius 2 is 1.52 bits per heavy atom. The Balaban J connectivity index is 1.74. The molecule has 0 saturated carbocycles. The molecule has 0 spiro atoms. The van der Waals surface area contributed by atoms with Crippen molar-refractivity contribution in [1.82, 2.24) is 4.90 Å². The molecule has 0 bridgehead atoms. The molecule has 144 valence electrons. The van der Waals surface area contributed by atoms with Gasteiger partial charge in [0.15, 0.2) is 0 Å². The van der Waals surface area contributed by atoms with Gasteiger partial charge in [0, 0.05) is 9.13 Å². The van der Waals surface area contributed by atoms with Gasteiger partial charge in [0.1, 0.15) is 6.67 Å². The lowest BCUT2D eigenvalue weighted by Crippen LogP contribution is -2.44. The lowest BCUT2D eigenvalue weighted by Gasteiger charge is -2.28. The molecule has 1 heterocycles. The molecule has 0 radical (unpaired) electrons. The van der Waals surface area contributed by atoms with Crippen LogP contribution in [0.1, 0.15) is 36.6 Å². The van der Waals surface area contributed by atoms with Crippen LogP contribution in [0.25, 0.3) is 0 Å². The Kier molecular flexibility index (Phi) is 5.19. The smallest absolute Gasteiger partial charge is 0.263 e. The predicted molar refractivity (Wildman–Crippen MR) is 119 cm³/mol. The van der Waals surface area contributed by atoms with Gasteiger partial charge >= 0.3 is 0 Å². The Morgan fingerprint density at radius 1 is 0.897 bits per heavy atom. The maximum atomic E-state index is 13.4. The Morgan fingerprint density at radius 3 is 2.14 bits per heavy atom. The molecule has 0 unspecified atom stereocenters. The summed E-state index contributed by atoms with van der Waals surface area (Å²) >= 11 is 2.15.